The Morgan fingerprint density at radius 1 is 1.38 bits per heavy atom. The summed E-state index contributed by atoms with van der Waals surface area (Å²) in [5, 5.41) is 16.0. The average Bonchev–Trinajstić information content (AvgIpc) is 2.68. The van der Waals surface area contributed by atoms with Gasteiger partial charge in [-0.2, -0.15) is 5.10 Å². The number of hydrogen-bond donors (Lipinski definition) is 3. The molecule has 1 aromatic heterocycles. The maximum atomic E-state index is 12.6. The van der Waals surface area contributed by atoms with Crippen molar-refractivity contribution >= 4 is 11.6 Å². The van der Waals surface area contributed by atoms with Crippen molar-refractivity contribution in [1.29, 1.82) is 0 Å². The summed E-state index contributed by atoms with van der Waals surface area (Å²) in [4.78, 5) is 16.5. The van der Waals surface area contributed by atoms with Crippen LogP contribution in [0.2, 0.25) is 0 Å². The fourth-order valence-electron chi connectivity index (χ4n) is 2.66. The van der Waals surface area contributed by atoms with Gasteiger partial charge >= 0.3 is 0 Å². The number of aromatic nitrogens is 2. The number of aromatic amines is 1. The fourth-order valence-corrected chi connectivity index (χ4v) is 2.66. The number of aliphatic hydroxyl groups is 1. The van der Waals surface area contributed by atoms with Gasteiger partial charge in [0.15, 0.2) is 5.69 Å². The number of nitrogens with one attached hydrogen (secondary N) is 1. The van der Waals surface area contributed by atoms with Gasteiger partial charge in [-0.1, -0.05) is 13.8 Å². The maximum Gasteiger partial charge on any atom is 0.276 e. The van der Waals surface area contributed by atoms with Crippen LogP contribution in [0.3, 0.4) is 0 Å². The molecule has 0 radical (unpaired) electrons. The summed E-state index contributed by atoms with van der Waals surface area (Å²) in [5.74, 6) is 0.102. The first kappa shape index (κ1) is 15.8. The van der Waals surface area contributed by atoms with Crippen molar-refractivity contribution in [3.05, 3.63) is 11.4 Å². The van der Waals surface area contributed by atoms with Crippen LogP contribution in [0.5, 0.6) is 0 Å². The molecule has 4 N–H and O–H groups in total. The number of nitrogens with two attached hydrogens (primary N) is 1. The molecule has 1 aromatic rings. The number of rotatable bonds is 4. The van der Waals surface area contributed by atoms with E-state index >= 15 is 0 Å². The zero-order valence-electron chi connectivity index (χ0n) is 12.8. The van der Waals surface area contributed by atoms with E-state index in [2.05, 4.69) is 15.1 Å². The zero-order chi connectivity index (χ0) is 15.4. The SMILES string of the molecule is CC(C)c1[nH]nc(C(=O)N2CCCN(CCO)CC2)c1N. The smallest absolute Gasteiger partial charge is 0.276 e. The molecule has 0 spiro atoms. The Kier molecular flexibility index (Phi) is 5.19. The predicted octanol–water partition coefficient (Wildman–Crippen LogP) is 0.256. The molecule has 0 bridgehead atoms. The molecule has 0 atom stereocenters. The number of hydrogen-bond acceptors (Lipinski definition) is 5. The number of H-pyrrole nitrogens is 1. The van der Waals surface area contributed by atoms with Crippen LogP contribution in [0, 0.1) is 0 Å². The molecule has 1 saturated heterocycles. The molecule has 1 fully saturated rings. The van der Waals surface area contributed by atoms with E-state index in [0.29, 0.717) is 31.0 Å². The second-order valence-corrected chi connectivity index (χ2v) is 5.77. The Morgan fingerprint density at radius 2 is 2.14 bits per heavy atom. The van der Waals surface area contributed by atoms with Crippen molar-refractivity contribution in [3.63, 3.8) is 0 Å². The van der Waals surface area contributed by atoms with E-state index in [-0.39, 0.29) is 18.4 Å². The lowest BCUT2D eigenvalue weighted by molar-refractivity contribution is 0.0755. The first-order chi connectivity index (χ1) is 10.0. The van der Waals surface area contributed by atoms with E-state index in [1.54, 1.807) is 4.90 Å². The molecule has 1 aliphatic rings. The summed E-state index contributed by atoms with van der Waals surface area (Å²) < 4.78 is 0. The normalized spacial score (nSPS) is 17.2. The fraction of sp³-hybridized carbons (Fsp3) is 0.714. The molecular formula is C14H25N5O2. The Morgan fingerprint density at radius 3 is 2.76 bits per heavy atom. The molecule has 7 nitrogen and oxygen atoms in total. The molecule has 0 unspecified atom stereocenters. The number of anilines is 1. The highest BCUT2D eigenvalue weighted by molar-refractivity contribution is 5.97. The molecule has 1 amide bonds. The van der Waals surface area contributed by atoms with Gasteiger partial charge in [-0.25, -0.2) is 0 Å². The van der Waals surface area contributed by atoms with Crippen LogP contribution in [0.25, 0.3) is 0 Å². The van der Waals surface area contributed by atoms with Crippen molar-refractivity contribution in [2.24, 2.45) is 0 Å². The molecule has 2 rings (SSSR count). The van der Waals surface area contributed by atoms with Crippen LogP contribution in [0.4, 0.5) is 5.69 Å². The lowest BCUT2D eigenvalue weighted by Crippen LogP contribution is -2.36. The third-order valence-electron chi connectivity index (χ3n) is 3.91. The predicted molar refractivity (Wildman–Crippen MR) is 81.1 cm³/mol. The molecule has 118 valence electrons. The van der Waals surface area contributed by atoms with Crippen molar-refractivity contribution in [2.45, 2.75) is 26.2 Å². The molecular weight excluding hydrogens is 270 g/mol. The Hall–Kier alpha value is -1.60. The Bertz CT molecular complexity index is 486. The topological polar surface area (TPSA) is 98.5 Å². The molecule has 0 aromatic carbocycles. The maximum absolute atomic E-state index is 12.6. The summed E-state index contributed by atoms with van der Waals surface area (Å²) in [6, 6.07) is 0. The second-order valence-electron chi connectivity index (χ2n) is 5.77. The molecule has 21 heavy (non-hydrogen) atoms. The van der Waals surface area contributed by atoms with Crippen LogP contribution < -0.4 is 5.73 Å². The average molecular weight is 295 g/mol. The van der Waals surface area contributed by atoms with E-state index in [4.69, 9.17) is 10.8 Å². The highest BCUT2D eigenvalue weighted by atomic mass is 16.3. The van der Waals surface area contributed by atoms with Crippen LogP contribution in [0.1, 0.15) is 42.4 Å². The van der Waals surface area contributed by atoms with Crippen molar-refractivity contribution in [3.8, 4) is 0 Å². The van der Waals surface area contributed by atoms with E-state index in [9.17, 15) is 4.79 Å². The molecule has 1 aliphatic heterocycles. The highest BCUT2D eigenvalue weighted by Crippen LogP contribution is 2.23. The number of β-amino-alcohol motifs (C(OH)–C–C–N with tert-alkyl or cyclic N) is 1. The second kappa shape index (κ2) is 6.91. The summed E-state index contributed by atoms with van der Waals surface area (Å²) in [5.41, 5.74) is 7.65. The third-order valence-corrected chi connectivity index (χ3v) is 3.91. The van der Waals surface area contributed by atoms with Gasteiger partial charge in [0.05, 0.1) is 18.0 Å². The van der Waals surface area contributed by atoms with Gasteiger partial charge < -0.3 is 15.7 Å². The van der Waals surface area contributed by atoms with Crippen LogP contribution in [-0.2, 0) is 0 Å². The number of nitrogen functional groups attached to an aromatic ring is 1. The van der Waals surface area contributed by atoms with Crippen molar-refractivity contribution in [1.82, 2.24) is 20.0 Å². The summed E-state index contributed by atoms with van der Waals surface area (Å²) in [6.45, 7) is 7.84. The van der Waals surface area contributed by atoms with Gasteiger partial charge in [-0.3, -0.25) is 14.8 Å². The van der Waals surface area contributed by atoms with Crippen LogP contribution in [-0.4, -0.2) is 70.3 Å². The van der Waals surface area contributed by atoms with Crippen LogP contribution in [0.15, 0.2) is 0 Å². The highest BCUT2D eigenvalue weighted by Gasteiger charge is 2.25. The van der Waals surface area contributed by atoms with Gasteiger partial charge in [0, 0.05) is 26.2 Å². The van der Waals surface area contributed by atoms with Gasteiger partial charge in [-0.15, -0.1) is 0 Å². The number of carbonyl (C=O) groups excluding carboxylic acids is 1. The largest absolute Gasteiger partial charge is 0.395 e. The van der Waals surface area contributed by atoms with Crippen molar-refractivity contribution < 1.29 is 9.90 Å². The standard InChI is InChI=1S/C14H25N5O2/c1-10(2)12-11(15)13(17-16-12)14(21)19-5-3-4-18(6-7-19)8-9-20/h10,20H,3-9,15H2,1-2H3,(H,16,17). The van der Waals surface area contributed by atoms with Crippen LogP contribution >= 0.6 is 0 Å². The number of amides is 1. The number of aliphatic hydroxyl groups excluding tert-OH is 1. The van der Waals surface area contributed by atoms with Gasteiger partial charge in [0.1, 0.15) is 0 Å². The minimum Gasteiger partial charge on any atom is -0.395 e. The third kappa shape index (κ3) is 3.54. The lowest BCUT2D eigenvalue weighted by Gasteiger charge is -2.21. The van der Waals surface area contributed by atoms with E-state index < -0.39 is 0 Å². The summed E-state index contributed by atoms with van der Waals surface area (Å²) >= 11 is 0. The molecule has 0 aliphatic carbocycles. The first-order valence-electron chi connectivity index (χ1n) is 7.50. The summed E-state index contributed by atoms with van der Waals surface area (Å²) in [6.07, 6.45) is 0.896. The number of nitrogens with zero attached hydrogens (tertiary/aromatic N) is 3. The van der Waals surface area contributed by atoms with Gasteiger partial charge in [0.2, 0.25) is 0 Å². The Balaban J connectivity index is 2.06. The molecule has 7 heteroatoms. The zero-order valence-corrected chi connectivity index (χ0v) is 12.8. The van der Waals surface area contributed by atoms with Crippen molar-refractivity contribution in [2.75, 3.05) is 45.1 Å². The quantitative estimate of drug-likeness (QED) is 0.740. The minimum absolute atomic E-state index is 0.110. The van der Waals surface area contributed by atoms with Gasteiger partial charge in [-0.05, 0) is 18.9 Å². The molecule has 0 saturated carbocycles. The van der Waals surface area contributed by atoms with E-state index in [1.165, 1.54) is 0 Å². The minimum atomic E-state index is -0.110. The van der Waals surface area contributed by atoms with E-state index in [1.807, 2.05) is 13.8 Å². The first-order valence-corrected chi connectivity index (χ1v) is 7.50. The number of carbonyl (C=O) groups is 1. The summed E-state index contributed by atoms with van der Waals surface area (Å²) in [7, 11) is 0. The van der Waals surface area contributed by atoms with E-state index in [0.717, 1.165) is 25.2 Å². The molecule has 2 heterocycles. The Labute approximate surface area is 125 Å². The monoisotopic (exact) mass is 295 g/mol. The van der Waals surface area contributed by atoms with Gasteiger partial charge in [0.25, 0.3) is 5.91 Å². The lowest BCUT2D eigenvalue weighted by atomic mass is 10.1.